The second-order valence-electron chi connectivity index (χ2n) is 8.13. The Hall–Kier alpha value is -3.00. The van der Waals surface area contributed by atoms with Crippen LogP contribution in [0.4, 0.5) is 0 Å². The fourth-order valence-electron chi connectivity index (χ4n) is 3.85. The van der Waals surface area contributed by atoms with Crippen molar-refractivity contribution in [2.45, 2.75) is 24.7 Å². The van der Waals surface area contributed by atoms with Crippen LogP contribution in [-0.4, -0.2) is 25.8 Å². The van der Waals surface area contributed by atoms with Crippen molar-refractivity contribution in [2.24, 2.45) is 5.14 Å². The van der Waals surface area contributed by atoms with Crippen LogP contribution in [0.25, 0.3) is 11.8 Å². The van der Waals surface area contributed by atoms with Gasteiger partial charge in [0, 0.05) is 16.6 Å². The van der Waals surface area contributed by atoms with Crippen LogP contribution >= 0.6 is 15.9 Å². The van der Waals surface area contributed by atoms with Gasteiger partial charge in [-0.25, -0.2) is 13.6 Å². The zero-order chi connectivity index (χ0) is 24.3. The first-order chi connectivity index (χ1) is 16.2. The lowest BCUT2D eigenvalue weighted by molar-refractivity contribution is -0.122. The van der Waals surface area contributed by atoms with Gasteiger partial charge in [0.05, 0.1) is 10.6 Å². The highest BCUT2D eigenvalue weighted by atomic mass is 79.9. The molecular weight excluding hydrogens is 512 g/mol. The Balaban J connectivity index is 1.62. The van der Waals surface area contributed by atoms with Crippen LogP contribution in [-0.2, 0) is 27.7 Å². The molecule has 174 valence electrons. The molecule has 0 atom stereocenters. The minimum absolute atomic E-state index is 0.0568. The van der Waals surface area contributed by atoms with Gasteiger partial charge in [0.2, 0.25) is 10.0 Å². The summed E-state index contributed by atoms with van der Waals surface area (Å²) in [5.74, 6) is -0.0568. The Labute approximate surface area is 208 Å². The maximum Gasteiger partial charge on any atom is 0.258 e. The highest BCUT2D eigenvalue weighted by Crippen LogP contribution is 2.31. The Kier molecular flexibility index (Phi) is 7.16. The minimum atomic E-state index is -3.73. The van der Waals surface area contributed by atoms with Crippen molar-refractivity contribution in [3.05, 3.63) is 111 Å². The third-order valence-electron chi connectivity index (χ3n) is 5.80. The van der Waals surface area contributed by atoms with Crippen LogP contribution in [0.3, 0.4) is 0 Å². The fourth-order valence-corrected chi connectivity index (χ4v) is 4.63. The fraction of sp³-hybridized carbons (Fsp3) is 0.148. The first-order valence-electron chi connectivity index (χ1n) is 11.0. The van der Waals surface area contributed by atoms with Gasteiger partial charge in [-0.05, 0) is 71.5 Å². The molecule has 5 nitrogen and oxygen atoms in total. The van der Waals surface area contributed by atoms with Gasteiger partial charge >= 0.3 is 0 Å². The quantitative estimate of drug-likeness (QED) is 0.423. The molecule has 0 radical (unpaired) electrons. The summed E-state index contributed by atoms with van der Waals surface area (Å²) in [7, 11) is -3.73. The summed E-state index contributed by atoms with van der Waals surface area (Å²) in [5.41, 5.74) is 5.57. The molecule has 1 aliphatic heterocycles. The van der Waals surface area contributed by atoms with Crippen LogP contribution in [0.15, 0.2) is 93.8 Å². The minimum Gasteiger partial charge on any atom is -0.307 e. The Morgan fingerprint density at radius 3 is 2.12 bits per heavy atom. The number of amides is 1. The van der Waals surface area contributed by atoms with E-state index < -0.39 is 10.0 Å². The number of nitrogens with zero attached hydrogens (tertiary/aromatic N) is 1. The molecule has 0 spiro atoms. The van der Waals surface area contributed by atoms with Gasteiger partial charge in [0.25, 0.3) is 5.91 Å². The van der Waals surface area contributed by atoms with Crippen molar-refractivity contribution in [3.8, 4) is 0 Å². The molecule has 4 rings (SSSR count). The van der Waals surface area contributed by atoms with E-state index in [-0.39, 0.29) is 10.8 Å². The SMILES string of the molecule is CCc1ccc(C2=C/C(=C/c3ccc(Br)cc3)C(=O)N2CCc2ccc(S(N)(=O)=O)cc2)cc1. The average molecular weight is 537 g/mol. The Morgan fingerprint density at radius 1 is 0.912 bits per heavy atom. The van der Waals surface area contributed by atoms with Gasteiger partial charge in [-0.2, -0.15) is 0 Å². The normalized spacial score (nSPS) is 15.1. The van der Waals surface area contributed by atoms with Gasteiger partial charge < -0.3 is 4.90 Å². The monoisotopic (exact) mass is 536 g/mol. The highest BCUT2D eigenvalue weighted by molar-refractivity contribution is 9.10. The molecule has 0 aliphatic carbocycles. The van der Waals surface area contributed by atoms with Crippen molar-refractivity contribution in [1.29, 1.82) is 0 Å². The van der Waals surface area contributed by atoms with Crippen molar-refractivity contribution in [3.63, 3.8) is 0 Å². The predicted octanol–water partition coefficient (Wildman–Crippen LogP) is 5.17. The van der Waals surface area contributed by atoms with E-state index in [4.69, 9.17) is 5.14 Å². The molecule has 1 amide bonds. The van der Waals surface area contributed by atoms with E-state index in [2.05, 4.69) is 47.1 Å². The summed E-state index contributed by atoms with van der Waals surface area (Å²) >= 11 is 3.44. The maximum atomic E-state index is 13.4. The van der Waals surface area contributed by atoms with Crippen molar-refractivity contribution in [2.75, 3.05) is 6.54 Å². The predicted molar refractivity (Wildman–Crippen MR) is 139 cm³/mol. The van der Waals surface area contributed by atoms with E-state index in [0.29, 0.717) is 18.5 Å². The number of nitrogens with two attached hydrogens (primary N) is 1. The average Bonchev–Trinajstić information content (AvgIpc) is 3.14. The standard InChI is InChI=1S/C27H25BrN2O3S/c1-2-19-3-9-22(10-4-19)26-18-23(17-21-5-11-24(28)12-6-21)27(31)30(26)16-15-20-7-13-25(14-8-20)34(29,32)33/h3-14,17-18H,2,15-16H2,1H3,(H2,29,32,33)/b23-17-. The topological polar surface area (TPSA) is 80.5 Å². The molecule has 0 bridgehead atoms. The summed E-state index contributed by atoms with van der Waals surface area (Å²) in [4.78, 5) is 15.3. The molecule has 2 N–H and O–H groups in total. The highest BCUT2D eigenvalue weighted by Gasteiger charge is 2.28. The third kappa shape index (κ3) is 5.55. The molecule has 0 aromatic heterocycles. The van der Waals surface area contributed by atoms with E-state index in [1.54, 1.807) is 17.0 Å². The third-order valence-corrected chi connectivity index (χ3v) is 7.26. The van der Waals surface area contributed by atoms with E-state index >= 15 is 0 Å². The first kappa shape index (κ1) is 24.1. The van der Waals surface area contributed by atoms with Crippen molar-refractivity contribution in [1.82, 2.24) is 4.90 Å². The lowest BCUT2D eigenvalue weighted by Gasteiger charge is -2.21. The second kappa shape index (κ2) is 10.1. The summed E-state index contributed by atoms with van der Waals surface area (Å²) < 4.78 is 24.0. The number of hydrogen-bond acceptors (Lipinski definition) is 3. The largest absolute Gasteiger partial charge is 0.307 e. The van der Waals surface area contributed by atoms with E-state index in [9.17, 15) is 13.2 Å². The number of rotatable bonds is 7. The number of sulfonamides is 1. The molecule has 0 fully saturated rings. The summed E-state index contributed by atoms with van der Waals surface area (Å²) in [6.07, 6.45) is 5.36. The molecule has 7 heteroatoms. The number of benzene rings is 3. The van der Waals surface area contributed by atoms with Crippen molar-refractivity contribution < 1.29 is 13.2 Å². The van der Waals surface area contributed by atoms with Crippen LogP contribution in [0.5, 0.6) is 0 Å². The van der Waals surface area contributed by atoms with Gasteiger partial charge in [-0.15, -0.1) is 0 Å². The van der Waals surface area contributed by atoms with Crippen LogP contribution in [0.1, 0.15) is 29.2 Å². The number of aryl methyl sites for hydroxylation is 1. The first-order valence-corrected chi connectivity index (χ1v) is 13.3. The summed E-state index contributed by atoms with van der Waals surface area (Å²) in [6.45, 7) is 2.58. The molecular formula is C27H25BrN2O3S. The number of carbonyl (C=O) groups excluding carboxylic acids is 1. The molecule has 1 heterocycles. The Bertz CT molecular complexity index is 1360. The Morgan fingerprint density at radius 2 is 1.53 bits per heavy atom. The summed E-state index contributed by atoms with van der Waals surface area (Å²) in [5, 5.41) is 5.19. The molecule has 0 saturated carbocycles. The lowest BCUT2D eigenvalue weighted by Crippen LogP contribution is -2.27. The zero-order valence-electron chi connectivity index (χ0n) is 18.7. The second-order valence-corrected chi connectivity index (χ2v) is 10.6. The number of halogens is 1. The van der Waals surface area contributed by atoms with E-state index in [0.717, 1.165) is 33.3 Å². The number of primary sulfonamides is 1. The van der Waals surface area contributed by atoms with Gasteiger partial charge in [-0.1, -0.05) is 71.4 Å². The van der Waals surface area contributed by atoms with Gasteiger partial charge in [0.15, 0.2) is 0 Å². The van der Waals surface area contributed by atoms with Crippen LogP contribution in [0.2, 0.25) is 0 Å². The number of hydrogen-bond donors (Lipinski definition) is 1. The van der Waals surface area contributed by atoms with Crippen LogP contribution in [0, 0.1) is 0 Å². The molecule has 0 unspecified atom stereocenters. The van der Waals surface area contributed by atoms with Crippen molar-refractivity contribution >= 4 is 43.6 Å². The summed E-state index contributed by atoms with van der Waals surface area (Å²) in [6, 6.07) is 22.5. The molecule has 3 aromatic rings. The maximum absolute atomic E-state index is 13.4. The van der Waals surface area contributed by atoms with E-state index in [1.165, 1.54) is 17.7 Å². The van der Waals surface area contributed by atoms with Gasteiger partial charge in [0.1, 0.15) is 0 Å². The molecule has 3 aromatic carbocycles. The smallest absolute Gasteiger partial charge is 0.258 e. The lowest BCUT2D eigenvalue weighted by atomic mass is 10.1. The molecule has 0 saturated heterocycles. The number of carbonyl (C=O) groups is 1. The zero-order valence-corrected chi connectivity index (χ0v) is 21.1. The molecule has 34 heavy (non-hydrogen) atoms. The van der Waals surface area contributed by atoms with Crippen LogP contribution < -0.4 is 5.14 Å². The van der Waals surface area contributed by atoms with E-state index in [1.807, 2.05) is 36.4 Å². The molecule has 1 aliphatic rings. The van der Waals surface area contributed by atoms with Gasteiger partial charge in [-0.3, -0.25) is 4.79 Å².